The Kier molecular flexibility index (Phi) is 2.73. The Morgan fingerprint density at radius 2 is 2.31 bits per heavy atom. The van der Waals surface area contributed by atoms with Gasteiger partial charge >= 0.3 is 5.97 Å². The van der Waals surface area contributed by atoms with Crippen molar-refractivity contribution in [2.45, 2.75) is 31.5 Å². The molecule has 1 heterocycles. The fourth-order valence-corrected chi connectivity index (χ4v) is 1.95. The molecule has 1 saturated carbocycles. The molecule has 0 saturated heterocycles. The third kappa shape index (κ3) is 1.83. The van der Waals surface area contributed by atoms with E-state index in [4.69, 9.17) is 14.3 Å². The highest BCUT2D eigenvalue weighted by atomic mass is 16.5. The van der Waals surface area contributed by atoms with E-state index in [0.29, 0.717) is 25.2 Å². The van der Waals surface area contributed by atoms with Crippen LogP contribution in [0.2, 0.25) is 0 Å². The zero-order chi connectivity index (χ0) is 11.8. The van der Waals surface area contributed by atoms with E-state index in [1.165, 1.54) is 12.1 Å². The van der Waals surface area contributed by atoms with Crippen LogP contribution in [0.1, 0.15) is 36.1 Å². The Balaban J connectivity index is 2.05. The number of hydrogen-bond donors (Lipinski definition) is 2. The maximum absolute atomic E-state index is 10.6. The van der Waals surface area contributed by atoms with E-state index in [1.54, 1.807) is 0 Å². The predicted octanol–water partition coefficient (Wildman–Crippen LogP) is 1.36. The van der Waals surface area contributed by atoms with Gasteiger partial charge in [-0.15, -0.1) is 0 Å². The lowest BCUT2D eigenvalue weighted by atomic mass is 9.76. The van der Waals surface area contributed by atoms with Crippen molar-refractivity contribution in [2.75, 3.05) is 6.61 Å². The molecule has 1 aromatic rings. The molecule has 16 heavy (non-hydrogen) atoms. The van der Waals surface area contributed by atoms with Gasteiger partial charge in [0, 0.05) is 19.4 Å². The quantitative estimate of drug-likeness (QED) is 0.810. The molecule has 0 aromatic carbocycles. The number of carboxylic acid groups (broad SMARTS) is 1. The van der Waals surface area contributed by atoms with Crippen molar-refractivity contribution in [1.29, 1.82) is 0 Å². The summed E-state index contributed by atoms with van der Waals surface area (Å²) in [5.41, 5.74) is -1.06. The average molecular weight is 226 g/mol. The molecular weight excluding hydrogens is 212 g/mol. The number of hydrogen-bond acceptors (Lipinski definition) is 4. The molecule has 5 nitrogen and oxygen atoms in total. The number of aromatic carboxylic acids is 1. The Morgan fingerprint density at radius 1 is 1.62 bits per heavy atom. The Hall–Kier alpha value is -1.33. The smallest absolute Gasteiger partial charge is 0.371 e. The van der Waals surface area contributed by atoms with E-state index in [9.17, 15) is 9.90 Å². The van der Waals surface area contributed by atoms with Gasteiger partial charge in [0.2, 0.25) is 5.76 Å². The van der Waals surface area contributed by atoms with Crippen LogP contribution in [0.5, 0.6) is 0 Å². The maximum atomic E-state index is 10.6. The molecule has 1 fully saturated rings. The fourth-order valence-electron chi connectivity index (χ4n) is 1.95. The van der Waals surface area contributed by atoms with E-state index >= 15 is 0 Å². The highest BCUT2D eigenvalue weighted by Gasteiger charge is 2.47. The number of furan rings is 1. The summed E-state index contributed by atoms with van der Waals surface area (Å²) in [7, 11) is 0. The van der Waals surface area contributed by atoms with Gasteiger partial charge in [-0.2, -0.15) is 0 Å². The van der Waals surface area contributed by atoms with Gasteiger partial charge in [-0.1, -0.05) is 0 Å². The second-order valence-corrected chi connectivity index (χ2v) is 3.99. The van der Waals surface area contributed by atoms with E-state index < -0.39 is 11.6 Å². The van der Waals surface area contributed by atoms with E-state index in [0.717, 1.165) is 0 Å². The van der Waals surface area contributed by atoms with Crippen LogP contribution in [0.15, 0.2) is 16.5 Å². The van der Waals surface area contributed by atoms with Crippen LogP contribution in [0.4, 0.5) is 0 Å². The van der Waals surface area contributed by atoms with Crippen molar-refractivity contribution in [2.24, 2.45) is 0 Å². The average Bonchev–Trinajstić information content (AvgIpc) is 2.64. The molecule has 1 aliphatic carbocycles. The summed E-state index contributed by atoms with van der Waals surface area (Å²) in [6, 6.07) is 2.86. The highest BCUT2D eigenvalue weighted by Crippen LogP contribution is 2.43. The lowest BCUT2D eigenvalue weighted by Crippen LogP contribution is -2.45. The summed E-state index contributed by atoms with van der Waals surface area (Å²) in [4.78, 5) is 10.6. The molecule has 0 bridgehead atoms. The van der Waals surface area contributed by atoms with Gasteiger partial charge in [0.05, 0.1) is 6.10 Å². The number of rotatable bonds is 4. The van der Waals surface area contributed by atoms with Crippen LogP contribution in [-0.4, -0.2) is 28.9 Å². The van der Waals surface area contributed by atoms with Crippen molar-refractivity contribution in [1.82, 2.24) is 0 Å². The second-order valence-electron chi connectivity index (χ2n) is 3.99. The normalized spacial score (nSPS) is 28.8. The molecule has 0 atom stereocenters. The summed E-state index contributed by atoms with van der Waals surface area (Å²) in [6.45, 7) is 2.51. The van der Waals surface area contributed by atoms with Gasteiger partial charge in [-0.25, -0.2) is 4.79 Å². The zero-order valence-corrected chi connectivity index (χ0v) is 8.97. The zero-order valence-electron chi connectivity index (χ0n) is 8.97. The molecule has 0 amide bonds. The van der Waals surface area contributed by atoms with Crippen LogP contribution in [0, 0.1) is 0 Å². The van der Waals surface area contributed by atoms with Crippen LogP contribution >= 0.6 is 0 Å². The van der Waals surface area contributed by atoms with Gasteiger partial charge in [0.15, 0.2) is 0 Å². The molecule has 2 N–H and O–H groups in total. The molecule has 0 spiro atoms. The van der Waals surface area contributed by atoms with Gasteiger partial charge < -0.3 is 19.4 Å². The lowest BCUT2D eigenvalue weighted by molar-refractivity contribution is -0.152. The minimum Gasteiger partial charge on any atom is -0.475 e. The third-order valence-corrected chi connectivity index (χ3v) is 2.81. The van der Waals surface area contributed by atoms with Crippen molar-refractivity contribution in [3.05, 3.63) is 23.7 Å². The minimum absolute atomic E-state index is 0.0355. The second kappa shape index (κ2) is 3.92. The molecule has 2 rings (SSSR count). The maximum Gasteiger partial charge on any atom is 0.371 e. The Bertz CT molecular complexity index is 389. The molecule has 5 heteroatoms. The summed E-state index contributed by atoms with van der Waals surface area (Å²) >= 11 is 0. The Labute approximate surface area is 92.6 Å². The third-order valence-electron chi connectivity index (χ3n) is 2.81. The standard InChI is InChI=1S/C11H14O5/c1-2-15-7-5-11(14,6-7)9-4-3-8(16-9)10(12)13/h3-4,7,14H,2,5-6H2,1H3,(H,12,13). The summed E-state index contributed by atoms with van der Waals surface area (Å²) in [5.74, 6) is -0.973. The molecule has 0 unspecified atom stereocenters. The van der Waals surface area contributed by atoms with Gasteiger partial charge in [-0.05, 0) is 19.1 Å². The summed E-state index contributed by atoms with van der Waals surface area (Å²) in [5, 5.41) is 18.8. The largest absolute Gasteiger partial charge is 0.475 e. The molecular formula is C11H14O5. The topological polar surface area (TPSA) is 79.9 Å². The predicted molar refractivity (Wildman–Crippen MR) is 54.2 cm³/mol. The molecule has 0 radical (unpaired) electrons. The van der Waals surface area contributed by atoms with Gasteiger partial charge in [0.1, 0.15) is 11.4 Å². The van der Waals surface area contributed by atoms with Crippen molar-refractivity contribution in [3.8, 4) is 0 Å². The first-order chi connectivity index (χ1) is 7.55. The minimum atomic E-state index is -1.13. The van der Waals surface area contributed by atoms with Gasteiger partial charge in [0.25, 0.3) is 0 Å². The van der Waals surface area contributed by atoms with Crippen LogP contribution in [0.25, 0.3) is 0 Å². The highest BCUT2D eigenvalue weighted by molar-refractivity contribution is 5.84. The monoisotopic (exact) mass is 226 g/mol. The lowest BCUT2D eigenvalue weighted by Gasteiger charge is -2.41. The van der Waals surface area contributed by atoms with Crippen LogP contribution in [-0.2, 0) is 10.3 Å². The van der Waals surface area contributed by atoms with E-state index in [-0.39, 0.29) is 11.9 Å². The van der Waals surface area contributed by atoms with Crippen molar-refractivity contribution in [3.63, 3.8) is 0 Å². The summed E-state index contributed by atoms with van der Waals surface area (Å²) in [6.07, 6.45) is 0.939. The molecule has 0 aliphatic heterocycles. The first kappa shape index (κ1) is 11.2. The van der Waals surface area contributed by atoms with Crippen LogP contribution < -0.4 is 0 Å². The SMILES string of the molecule is CCOC1CC(O)(c2ccc(C(=O)O)o2)C1. The number of ether oxygens (including phenoxy) is 1. The molecule has 1 aromatic heterocycles. The van der Waals surface area contributed by atoms with Gasteiger partial charge in [-0.3, -0.25) is 0 Å². The number of carboxylic acids is 1. The van der Waals surface area contributed by atoms with E-state index in [2.05, 4.69) is 0 Å². The van der Waals surface area contributed by atoms with Crippen LogP contribution in [0.3, 0.4) is 0 Å². The first-order valence-corrected chi connectivity index (χ1v) is 5.23. The summed E-state index contributed by atoms with van der Waals surface area (Å²) < 4.78 is 10.4. The fraction of sp³-hybridized carbons (Fsp3) is 0.545. The molecule has 1 aliphatic rings. The molecule has 88 valence electrons. The van der Waals surface area contributed by atoms with E-state index in [1.807, 2.05) is 6.92 Å². The number of aliphatic hydroxyl groups is 1. The van der Waals surface area contributed by atoms with Crippen molar-refractivity contribution >= 4 is 5.97 Å². The first-order valence-electron chi connectivity index (χ1n) is 5.23. The van der Waals surface area contributed by atoms with Crippen molar-refractivity contribution < 1.29 is 24.2 Å². The number of carbonyl (C=O) groups is 1. The Morgan fingerprint density at radius 3 is 2.81 bits per heavy atom.